The normalized spacial score (nSPS) is 29.0. The summed E-state index contributed by atoms with van der Waals surface area (Å²) in [5, 5.41) is 3.76. The maximum absolute atomic E-state index is 6.82. The first-order valence-corrected chi connectivity index (χ1v) is 12.7. The predicted molar refractivity (Wildman–Crippen MR) is 130 cm³/mol. The molecule has 4 fully saturated rings. The molecule has 0 N–H and O–H groups in total. The molecule has 3 heterocycles. The minimum absolute atomic E-state index is 0.358. The fourth-order valence-corrected chi connectivity index (χ4v) is 8.63. The van der Waals surface area contributed by atoms with Crippen LogP contribution in [0.25, 0.3) is 33.0 Å². The number of aryl methyl sites for hydroxylation is 3. The van der Waals surface area contributed by atoms with Crippen molar-refractivity contribution in [3.8, 4) is 22.8 Å². The third-order valence-corrected chi connectivity index (χ3v) is 9.65. The van der Waals surface area contributed by atoms with Gasteiger partial charge in [-0.3, -0.25) is 0 Å². The molecule has 0 saturated heterocycles. The molecule has 0 radical (unpaired) electrons. The zero-order valence-corrected chi connectivity index (χ0v) is 19.7. The number of ether oxygens (including phenoxy) is 1. The van der Waals surface area contributed by atoms with Gasteiger partial charge in [0.25, 0.3) is 0 Å². The molecular formula is C30H30NO2+. The molecule has 9 rings (SSSR count). The van der Waals surface area contributed by atoms with Gasteiger partial charge in [0, 0.05) is 17.0 Å². The van der Waals surface area contributed by atoms with Gasteiger partial charge in [-0.05, 0) is 110 Å². The number of pyridine rings is 1. The Bertz CT molecular complexity index is 1470. The third kappa shape index (κ3) is 2.28. The molecule has 2 aromatic carbocycles. The Balaban J connectivity index is 1.41. The van der Waals surface area contributed by atoms with Crippen LogP contribution in [0.3, 0.4) is 0 Å². The van der Waals surface area contributed by atoms with Gasteiger partial charge in [0.1, 0.15) is 24.1 Å². The highest BCUT2D eigenvalue weighted by molar-refractivity contribution is 6.05. The average Bonchev–Trinajstić information content (AvgIpc) is 3.29. The fraction of sp³-hybridized carbons (Fsp3) is 0.433. The van der Waals surface area contributed by atoms with Crippen molar-refractivity contribution >= 4 is 21.7 Å². The summed E-state index contributed by atoms with van der Waals surface area (Å²) in [6.07, 6.45) is 12.6. The highest BCUT2D eigenvalue weighted by Crippen LogP contribution is 2.62. The first-order valence-electron chi connectivity index (χ1n) is 12.7. The Kier molecular flexibility index (Phi) is 3.38. The molecule has 4 aromatic rings. The SMILES string of the molecule is Cc1c2c(c(C)c3occc13)Oc1cc(C34CC5CC(CC(C5)C3)C4)cc3cc[n+](C)c-2c13. The predicted octanol–water partition coefficient (Wildman–Crippen LogP) is 7.27. The first-order chi connectivity index (χ1) is 16.0. The number of nitrogens with zero attached hydrogens (tertiary/aromatic N) is 1. The van der Waals surface area contributed by atoms with Crippen LogP contribution in [0, 0.1) is 31.6 Å². The van der Waals surface area contributed by atoms with E-state index in [1.165, 1.54) is 77.1 Å². The molecule has 166 valence electrons. The van der Waals surface area contributed by atoms with E-state index < -0.39 is 0 Å². The molecule has 1 aliphatic heterocycles. The molecule has 0 amide bonds. The Morgan fingerprint density at radius 1 is 0.939 bits per heavy atom. The van der Waals surface area contributed by atoms with Crippen LogP contribution in [-0.4, -0.2) is 0 Å². The van der Waals surface area contributed by atoms with E-state index in [1.54, 1.807) is 6.26 Å². The second kappa shape index (κ2) is 6.00. The van der Waals surface area contributed by atoms with E-state index in [0.717, 1.165) is 40.4 Å². The molecule has 5 aliphatic rings. The molecule has 2 aromatic heterocycles. The molecule has 4 aliphatic carbocycles. The Morgan fingerprint density at radius 3 is 2.39 bits per heavy atom. The lowest BCUT2D eigenvalue weighted by molar-refractivity contribution is -0.659. The van der Waals surface area contributed by atoms with Crippen LogP contribution in [0.15, 0.2) is 41.1 Å². The Hall–Kier alpha value is -2.81. The molecular weight excluding hydrogens is 406 g/mol. The van der Waals surface area contributed by atoms with Gasteiger partial charge in [-0.15, -0.1) is 0 Å². The Morgan fingerprint density at radius 2 is 1.67 bits per heavy atom. The van der Waals surface area contributed by atoms with Gasteiger partial charge < -0.3 is 9.15 Å². The number of benzene rings is 2. The second-order valence-corrected chi connectivity index (χ2v) is 11.6. The van der Waals surface area contributed by atoms with Gasteiger partial charge in [-0.1, -0.05) is 0 Å². The van der Waals surface area contributed by atoms with Crippen molar-refractivity contribution in [3.05, 3.63) is 53.4 Å². The number of hydrogen-bond donors (Lipinski definition) is 0. The van der Waals surface area contributed by atoms with Crippen LogP contribution in [0.5, 0.6) is 11.5 Å². The summed E-state index contributed by atoms with van der Waals surface area (Å²) in [7, 11) is 2.16. The van der Waals surface area contributed by atoms with Crippen LogP contribution in [-0.2, 0) is 12.5 Å². The largest absolute Gasteiger partial charge is 0.464 e. The Labute approximate surface area is 194 Å². The average molecular weight is 437 g/mol. The number of hydrogen-bond acceptors (Lipinski definition) is 2. The van der Waals surface area contributed by atoms with Crippen molar-refractivity contribution in [1.29, 1.82) is 0 Å². The highest BCUT2D eigenvalue weighted by Gasteiger charge is 2.52. The van der Waals surface area contributed by atoms with E-state index in [0.29, 0.717) is 5.41 Å². The summed E-state index contributed by atoms with van der Waals surface area (Å²) in [5.74, 6) is 4.81. The van der Waals surface area contributed by atoms with Gasteiger partial charge in [-0.2, -0.15) is 0 Å². The number of rotatable bonds is 1. The minimum atomic E-state index is 0.358. The molecule has 4 bridgehead atoms. The van der Waals surface area contributed by atoms with Gasteiger partial charge in [-0.25, -0.2) is 4.57 Å². The van der Waals surface area contributed by atoms with Crippen molar-refractivity contribution in [3.63, 3.8) is 0 Å². The maximum atomic E-state index is 6.82. The summed E-state index contributed by atoms with van der Waals surface area (Å²) in [4.78, 5) is 0. The van der Waals surface area contributed by atoms with E-state index in [9.17, 15) is 0 Å². The second-order valence-electron chi connectivity index (χ2n) is 11.6. The minimum Gasteiger partial charge on any atom is -0.464 e. The maximum Gasteiger partial charge on any atom is 0.228 e. The van der Waals surface area contributed by atoms with Gasteiger partial charge >= 0.3 is 0 Å². The number of aromatic nitrogens is 1. The third-order valence-electron chi connectivity index (χ3n) is 9.65. The highest BCUT2D eigenvalue weighted by atomic mass is 16.5. The van der Waals surface area contributed by atoms with Gasteiger partial charge in [0.2, 0.25) is 5.69 Å². The first kappa shape index (κ1) is 18.6. The fourth-order valence-electron chi connectivity index (χ4n) is 8.63. The van der Waals surface area contributed by atoms with Crippen molar-refractivity contribution in [2.75, 3.05) is 0 Å². The van der Waals surface area contributed by atoms with E-state index in [-0.39, 0.29) is 0 Å². The van der Waals surface area contributed by atoms with E-state index in [4.69, 9.17) is 9.15 Å². The number of furan rings is 1. The lowest BCUT2D eigenvalue weighted by Gasteiger charge is -2.57. The van der Waals surface area contributed by atoms with Crippen LogP contribution in [0.4, 0.5) is 0 Å². The van der Waals surface area contributed by atoms with Crippen LogP contribution in [0.2, 0.25) is 0 Å². The summed E-state index contributed by atoms with van der Waals surface area (Å²) in [6, 6.07) is 9.31. The zero-order valence-electron chi connectivity index (χ0n) is 19.7. The molecule has 3 heteroatoms. The van der Waals surface area contributed by atoms with Gasteiger partial charge in [0.05, 0.1) is 17.2 Å². The lowest BCUT2D eigenvalue weighted by Crippen LogP contribution is -2.48. The van der Waals surface area contributed by atoms with Crippen LogP contribution >= 0.6 is 0 Å². The quantitative estimate of drug-likeness (QED) is 0.258. The van der Waals surface area contributed by atoms with E-state index >= 15 is 0 Å². The topological polar surface area (TPSA) is 26.2 Å². The smallest absolute Gasteiger partial charge is 0.228 e. The van der Waals surface area contributed by atoms with Crippen molar-refractivity contribution < 1.29 is 13.7 Å². The van der Waals surface area contributed by atoms with Gasteiger partial charge in [0.15, 0.2) is 6.20 Å². The molecule has 0 atom stereocenters. The monoisotopic (exact) mass is 436 g/mol. The zero-order chi connectivity index (χ0) is 22.1. The molecule has 0 spiro atoms. The van der Waals surface area contributed by atoms with Crippen LogP contribution in [0.1, 0.15) is 55.2 Å². The van der Waals surface area contributed by atoms with E-state index in [1.807, 2.05) is 0 Å². The summed E-state index contributed by atoms with van der Waals surface area (Å²) >= 11 is 0. The van der Waals surface area contributed by atoms with Crippen molar-refractivity contribution in [1.82, 2.24) is 0 Å². The summed E-state index contributed by atoms with van der Waals surface area (Å²) in [6.45, 7) is 4.34. The molecule has 4 saturated carbocycles. The van der Waals surface area contributed by atoms with E-state index in [2.05, 4.69) is 55.9 Å². The van der Waals surface area contributed by atoms with Crippen molar-refractivity contribution in [2.24, 2.45) is 24.8 Å². The molecule has 33 heavy (non-hydrogen) atoms. The standard InChI is InChI=1S/C30H30NO2/c1-16-23-5-7-32-28(23)17(2)29-25(16)27-26-21(4-6-31(27)3)11-22(12-24(26)33-29)30-13-18-8-19(14-30)10-20(9-18)15-30/h4-7,11-12,18-20H,8-10,13-15H2,1-3H3/q+1. The lowest BCUT2D eigenvalue weighted by atomic mass is 9.48. The molecule has 3 nitrogen and oxygen atoms in total. The summed E-state index contributed by atoms with van der Waals surface area (Å²) < 4.78 is 15.0. The summed E-state index contributed by atoms with van der Waals surface area (Å²) in [5.41, 5.74) is 7.64. The van der Waals surface area contributed by atoms with Crippen molar-refractivity contribution in [2.45, 2.75) is 57.8 Å². The van der Waals surface area contributed by atoms with Crippen LogP contribution < -0.4 is 9.30 Å². The molecule has 0 unspecified atom stereocenters. The number of fused-ring (bicyclic) bond motifs is 3.